The summed E-state index contributed by atoms with van der Waals surface area (Å²) in [5.41, 5.74) is 1.08. The van der Waals surface area contributed by atoms with Crippen molar-refractivity contribution < 1.29 is 8.42 Å². The van der Waals surface area contributed by atoms with Crippen LogP contribution in [0.15, 0.2) is 41.3 Å². The predicted octanol–water partition coefficient (Wildman–Crippen LogP) is 2.97. The number of hydrogen-bond donors (Lipinski definition) is 0. The summed E-state index contributed by atoms with van der Waals surface area (Å²) in [7, 11) is -3.32. The molecule has 3 nitrogen and oxygen atoms in total. The SMILES string of the molecule is Cc1ccc(S(=O)(=O)N2C[C@H]3CCC=CC[C@H]3C2)cc1. The Bertz CT molecular complexity index is 604. The second kappa shape index (κ2) is 5.34. The van der Waals surface area contributed by atoms with Crippen LogP contribution in [0.1, 0.15) is 24.8 Å². The molecule has 0 N–H and O–H groups in total. The molecule has 0 aromatic heterocycles. The monoisotopic (exact) mass is 291 g/mol. The lowest BCUT2D eigenvalue weighted by Crippen LogP contribution is -2.29. The second-order valence-corrected chi connectivity index (χ2v) is 7.88. The fraction of sp³-hybridized carbons (Fsp3) is 0.500. The van der Waals surface area contributed by atoms with Gasteiger partial charge in [0, 0.05) is 13.1 Å². The number of rotatable bonds is 2. The van der Waals surface area contributed by atoms with Crippen LogP contribution in [0, 0.1) is 18.8 Å². The number of nitrogens with zero attached hydrogens (tertiary/aromatic N) is 1. The van der Waals surface area contributed by atoms with E-state index in [1.54, 1.807) is 16.4 Å². The first-order valence-electron chi connectivity index (χ1n) is 7.29. The molecule has 1 aromatic rings. The van der Waals surface area contributed by atoms with Crippen molar-refractivity contribution in [2.45, 2.75) is 31.1 Å². The molecule has 1 aliphatic carbocycles. The Morgan fingerprint density at radius 3 is 2.50 bits per heavy atom. The Kier molecular flexibility index (Phi) is 3.69. The van der Waals surface area contributed by atoms with E-state index in [0.717, 1.165) is 24.8 Å². The highest BCUT2D eigenvalue weighted by Crippen LogP contribution is 2.35. The van der Waals surface area contributed by atoms with Gasteiger partial charge >= 0.3 is 0 Å². The number of sulfonamides is 1. The van der Waals surface area contributed by atoms with Gasteiger partial charge in [0.2, 0.25) is 10.0 Å². The third-order valence-corrected chi connectivity index (χ3v) is 6.36. The van der Waals surface area contributed by atoms with Gasteiger partial charge in [0.05, 0.1) is 4.90 Å². The van der Waals surface area contributed by atoms with Gasteiger partial charge in [0.1, 0.15) is 0 Å². The summed E-state index contributed by atoms with van der Waals surface area (Å²) >= 11 is 0. The molecule has 1 aliphatic heterocycles. The zero-order chi connectivity index (χ0) is 14.2. The van der Waals surface area contributed by atoms with Gasteiger partial charge in [-0.05, 0) is 50.2 Å². The summed E-state index contributed by atoms with van der Waals surface area (Å²) in [5, 5.41) is 0. The molecule has 0 unspecified atom stereocenters. The van der Waals surface area contributed by atoms with Crippen LogP contribution < -0.4 is 0 Å². The van der Waals surface area contributed by atoms with E-state index in [2.05, 4.69) is 12.2 Å². The Balaban J connectivity index is 1.82. The first-order valence-corrected chi connectivity index (χ1v) is 8.73. The van der Waals surface area contributed by atoms with Crippen LogP contribution in [0.4, 0.5) is 0 Å². The molecule has 1 fully saturated rings. The van der Waals surface area contributed by atoms with Gasteiger partial charge in [-0.2, -0.15) is 4.31 Å². The third kappa shape index (κ3) is 2.54. The van der Waals surface area contributed by atoms with E-state index < -0.39 is 10.0 Å². The number of allylic oxidation sites excluding steroid dienone is 2. The van der Waals surface area contributed by atoms with Gasteiger partial charge in [0.25, 0.3) is 0 Å². The van der Waals surface area contributed by atoms with Crippen molar-refractivity contribution in [1.29, 1.82) is 0 Å². The predicted molar refractivity (Wildman–Crippen MR) is 79.9 cm³/mol. The minimum Gasteiger partial charge on any atom is -0.207 e. The van der Waals surface area contributed by atoms with Crippen molar-refractivity contribution >= 4 is 10.0 Å². The summed E-state index contributed by atoms with van der Waals surface area (Å²) in [6.07, 6.45) is 7.66. The first kappa shape index (κ1) is 13.8. The van der Waals surface area contributed by atoms with Crippen molar-refractivity contribution in [3.8, 4) is 0 Å². The van der Waals surface area contributed by atoms with Gasteiger partial charge < -0.3 is 0 Å². The normalized spacial score (nSPS) is 27.2. The summed E-state index contributed by atoms with van der Waals surface area (Å²) in [6.45, 7) is 3.32. The smallest absolute Gasteiger partial charge is 0.207 e. The minimum atomic E-state index is -3.32. The van der Waals surface area contributed by atoms with Crippen LogP contribution in [-0.4, -0.2) is 25.8 Å². The van der Waals surface area contributed by atoms with E-state index >= 15 is 0 Å². The Morgan fingerprint density at radius 2 is 1.75 bits per heavy atom. The summed E-state index contributed by atoms with van der Waals surface area (Å²) < 4.78 is 27.1. The summed E-state index contributed by atoms with van der Waals surface area (Å²) in [6, 6.07) is 7.17. The topological polar surface area (TPSA) is 37.4 Å². The average Bonchev–Trinajstić information content (AvgIpc) is 2.72. The Morgan fingerprint density at radius 1 is 1.05 bits per heavy atom. The molecule has 4 heteroatoms. The van der Waals surface area contributed by atoms with Gasteiger partial charge in [-0.25, -0.2) is 8.42 Å². The average molecular weight is 291 g/mol. The summed E-state index contributed by atoms with van der Waals surface area (Å²) in [4.78, 5) is 0.426. The fourth-order valence-electron chi connectivity index (χ4n) is 3.24. The van der Waals surface area contributed by atoms with E-state index in [0.29, 0.717) is 29.8 Å². The Labute approximate surface area is 121 Å². The highest BCUT2D eigenvalue weighted by Gasteiger charge is 2.38. The molecule has 0 amide bonds. The molecular weight excluding hydrogens is 270 g/mol. The number of hydrogen-bond acceptors (Lipinski definition) is 2. The van der Waals surface area contributed by atoms with Crippen molar-refractivity contribution in [1.82, 2.24) is 4.31 Å². The number of benzene rings is 1. The van der Waals surface area contributed by atoms with Gasteiger partial charge in [-0.3, -0.25) is 0 Å². The van der Waals surface area contributed by atoms with Crippen molar-refractivity contribution in [3.63, 3.8) is 0 Å². The van der Waals surface area contributed by atoms with Gasteiger partial charge in [0.15, 0.2) is 0 Å². The molecule has 1 heterocycles. The largest absolute Gasteiger partial charge is 0.243 e. The second-order valence-electron chi connectivity index (χ2n) is 5.94. The van der Waals surface area contributed by atoms with E-state index in [9.17, 15) is 8.42 Å². The van der Waals surface area contributed by atoms with Gasteiger partial charge in [-0.15, -0.1) is 0 Å². The third-order valence-electron chi connectivity index (χ3n) is 4.51. The number of aryl methyl sites for hydroxylation is 1. The first-order chi connectivity index (χ1) is 9.57. The lowest BCUT2D eigenvalue weighted by atomic mass is 9.91. The molecule has 0 radical (unpaired) electrons. The maximum absolute atomic E-state index is 12.7. The van der Waals surface area contributed by atoms with Crippen LogP contribution in [0.25, 0.3) is 0 Å². The molecule has 0 bridgehead atoms. The van der Waals surface area contributed by atoms with Crippen LogP contribution >= 0.6 is 0 Å². The maximum atomic E-state index is 12.7. The molecule has 2 aliphatic rings. The lowest BCUT2D eigenvalue weighted by molar-refractivity contribution is 0.409. The highest BCUT2D eigenvalue weighted by atomic mass is 32.2. The zero-order valence-corrected chi connectivity index (χ0v) is 12.6. The molecule has 3 rings (SSSR count). The molecule has 20 heavy (non-hydrogen) atoms. The van der Waals surface area contributed by atoms with Gasteiger partial charge in [-0.1, -0.05) is 29.8 Å². The quantitative estimate of drug-likeness (QED) is 0.786. The standard InChI is InChI=1S/C16H21NO2S/c1-13-7-9-16(10-8-13)20(18,19)17-11-14-5-3-2-4-6-15(14)12-17/h2-3,7-10,14-15H,4-6,11-12H2,1H3/t14-,15+/m0/s1. The van der Waals surface area contributed by atoms with Crippen molar-refractivity contribution in [3.05, 3.63) is 42.0 Å². The van der Waals surface area contributed by atoms with E-state index in [1.807, 2.05) is 19.1 Å². The molecular formula is C16H21NO2S. The molecule has 2 atom stereocenters. The molecule has 1 aromatic carbocycles. The number of fused-ring (bicyclic) bond motifs is 1. The molecule has 0 saturated carbocycles. The van der Waals surface area contributed by atoms with E-state index in [4.69, 9.17) is 0 Å². The maximum Gasteiger partial charge on any atom is 0.243 e. The fourth-order valence-corrected chi connectivity index (χ4v) is 4.80. The summed E-state index contributed by atoms with van der Waals surface area (Å²) in [5.74, 6) is 1.01. The lowest BCUT2D eigenvalue weighted by Gasteiger charge is -2.16. The van der Waals surface area contributed by atoms with Crippen LogP contribution in [-0.2, 0) is 10.0 Å². The van der Waals surface area contributed by atoms with E-state index in [1.165, 1.54) is 0 Å². The molecule has 0 spiro atoms. The zero-order valence-electron chi connectivity index (χ0n) is 11.8. The van der Waals surface area contributed by atoms with Crippen LogP contribution in [0.3, 0.4) is 0 Å². The van der Waals surface area contributed by atoms with Crippen LogP contribution in [0.2, 0.25) is 0 Å². The Hall–Kier alpha value is -1.13. The van der Waals surface area contributed by atoms with Crippen molar-refractivity contribution in [2.75, 3.05) is 13.1 Å². The van der Waals surface area contributed by atoms with Crippen LogP contribution in [0.5, 0.6) is 0 Å². The van der Waals surface area contributed by atoms with E-state index in [-0.39, 0.29) is 0 Å². The minimum absolute atomic E-state index is 0.426. The highest BCUT2D eigenvalue weighted by molar-refractivity contribution is 7.89. The van der Waals surface area contributed by atoms with Crippen molar-refractivity contribution in [2.24, 2.45) is 11.8 Å². The molecule has 1 saturated heterocycles. The molecule has 108 valence electrons.